The van der Waals surface area contributed by atoms with Crippen molar-refractivity contribution in [2.45, 2.75) is 33.2 Å². The number of nitro groups is 1. The predicted molar refractivity (Wildman–Crippen MR) is 68.9 cm³/mol. The monoisotopic (exact) mass is 236 g/mol. The molecule has 1 aromatic carbocycles. The SMILES string of the molecule is CCC(CC)CNCc1cccc([N+](=O)[O-])c1. The summed E-state index contributed by atoms with van der Waals surface area (Å²) in [6.07, 6.45) is 2.33. The standard InChI is InChI=1S/C13H20N2O2/c1-3-11(4-2)9-14-10-12-6-5-7-13(8-12)15(16)17/h5-8,11,14H,3-4,9-10H2,1-2H3. The van der Waals surface area contributed by atoms with Gasteiger partial charge in [-0.05, 0) is 18.0 Å². The van der Waals surface area contributed by atoms with Gasteiger partial charge < -0.3 is 5.32 Å². The molecule has 0 aliphatic rings. The molecule has 0 radical (unpaired) electrons. The van der Waals surface area contributed by atoms with E-state index in [0.717, 1.165) is 12.1 Å². The molecule has 0 aliphatic heterocycles. The maximum atomic E-state index is 10.6. The average molecular weight is 236 g/mol. The number of hydrogen-bond acceptors (Lipinski definition) is 3. The molecule has 0 unspecified atom stereocenters. The fraction of sp³-hybridized carbons (Fsp3) is 0.538. The van der Waals surface area contributed by atoms with Gasteiger partial charge in [0.1, 0.15) is 0 Å². The third-order valence-electron chi connectivity index (χ3n) is 3.04. The second-order valence-electron chi connectivity index (χ2n) is 4.24. The Labute approximate surface area is 102 Å². The number of nitro benzene ring substituents is 1. The molecule has 4 nitrogen and oxygen atoms in total. The van der Waals surface area contributed by atoms with E-state index in [1.165, 1.54) is 18.9 Å². The third kappa shape index (κ3) is 4.53. The van der Waals surface area contributed by atoms with Gasteiger partial charge in [0.15, 0.2) is 0 Å². The summed E-state index contributed by atoms with van der Waals surface area (Å²) in [5.74, 6) is 0.689. The number of benzene rings is 1. The Balaban J connectivity index is 2.46. The predicted octanol–water partition coefficient (Wildman–Crippen LogP) is 3.12. The van der Waals surface area contributed by atoms with Crippen LogP contribution in [0.3, 0.4) is 0 Å². The molecule has 0 atom stereocenters. The molecule has 0 saturated heterocycles. The Kier molecular flexibility index (Phi) is 5.63. The van der Waals surface area contributed by atoms with E-state index in [2.05, 4.69) is 19.2 Å². The van der Waals surface area contributed by atoms with Crippen LogP contribution in [0, 0.1) is 16.0 Å². The highest BCUT2D eigenvalue weighted by Gasteiger charge is 2.06. The van der Waals surface area contributed by atoms with Crippen molar-refractivity contribution >= 4 is 5.69 Å². The molecular weight excluding hydrogens is 216 g/mol. The largest absolute Gasteiger partial charge is 0.312 e. The van der Waals surface area contributed by atoms with Crippen LogP contribution in [0.2, 0.25) is 0 Å². The van der Waals surface area contributed by atoms with E-state index in [1.807, 2.05) is 6.07 Å². The normalized spacial score (nSPS) is 10.8. The van der Waals surface area contributed by atoms with E-state index in [4.69, 9.17) is 0 Å². The van der Waals surface area contributed by atoms with E-state index in [0.29, 0.717) is 12.5 Å². The molecule has 1 aromatic rings. The minimum atomic E-state index is -0.357. The quantitative estimate of drug-likeness (QED) is 0.584. The molecule has 0 spiro atoms. The molecule has 94 valence electrons. The van der Waals surface area contributed by atoms with Crippen molar-refractivity contribution < 1.29 is 4.92 Å². The van der Waals surface area contributed by atoms with Crippen molar-refractivity contribution in [3.05, 3.63) is 39.9 Å². The average Bonchev–Trinajstić information content (AvgIpc) is 2.35. The van der Waals surface area contributed by atoms with Crippen LogP contribution in [0.1, 0.15) is 32.3 Å². The molecule has 0 saturated carbocycles. The van der Waals surface area contributed by atoms with Crippen molar-refractivity contribution in [3.63, 3.8) is 0 Å². The second-order valence-corrected chi connectivity index (χ2v) is 4.24. The van der Waals surface area contributed by atoms with Gasteiger partial charge in [0, 0.05) is 18.7 Å². The highest BCUT2D eigenvalue weighted by molar-refractivity contribution is 5.34. The van der Waals surface area contributed by atoms with Crippen molar-refractivity contribution in [2.24, 2.45) is 5.92 Å². The summed E-state index contributed by atoms with van der Waals surface area (Å²) >= 11 is 0. The van der Waals surface area contributed by atoms with Crippen molar-refractivity contribution in [1.29, 1.82) is 0 Å². The van der Waals surface area contributed by atoms with Crippen LogP contribution in [-0.2, 0) is 6.54 Å². The van der Waals surface area contributed by atoms with Gasteiger partial charge in [0.25, 0.3) is 5.69 Å². The first-order valence-electron chi connectivity index (χ1n) is 6.11. The van der Waals surface area contributed by atoms with Gasteiger partial charge in [0.2, 0.25) is 0 Å². The zero-order valence-corrected chi connectivity index (χ0v) is 10.5. The van der Waals surface area contributed by atoms with Crippen molar-refractivity contribution in [3.8, 4) is 0 Å². The zero-order valence-electron chi connectivity index (χ0n) is 10.5. The summed E-state index contributed by atoms with van der Waals surface area (Å²) in [6, 6.07) is 6.78. The van der Waals surface area contributed by atoms with E-state index in [-0.39, 0.29) is 10.6 Å². The van der Waals surface area contributed by atoms with E-state index in [1.54, 1.807) is 12.1 Å². The fourth-order valence-electron chi connectivity index (χ4n) is 1.78. The van der Waals surface area contributed by atoms with E-state index in [9.17, 15) is 10.1 Å². The maximum Gasteiger partial charge on any atom is 0.269 e. The molecule has 17 heavy (non-hydrogen) atoms. The van der Waals surface area contributed by atoms with Gasteiger partial charge in [-0.3, -0.25) is 10.1 Å². The highest BCUT2D eigenvalue weighted by atomic mass is 16.6. The van der Waals surface area contributed by atoms with Crippen LogP contribution in [0.5, 0.6) is 0 Å². The zero-order chi connectivity index (χ0) is 12.7. The summed E-state index contributed by atoms with van der Waals surface area (Å²) in [7, 11) is 0. The summed E-state index contributed by atoms with van der Waals surface area (Å²) < 4.78 is 0. The smallest absolute Gasteiger partial charge is 0.269 e. The Hall–Kier alpha value is -1.42. The number of rotatable bonds is 7. The first-order valence-corrected chi connectivity index (χ1v) is 6.11. The van der Waals surface area contributed by atoms with Crippen LogP contribution in [-0.4, -0.2) is 11.5 Å². The molecule has 1 rings (SSSR count). The van der Waals surface area contributed by atoms with Gasteiger partial charge in [-0.2, -0.15) is 0 Å². The van der Waals surface area contributed by atoms with Crippen LogP contribution in [0.4, 0.5) is 5.69 Å². The molecule has 0 aromatic heterocycles. The summed E-state index contributed by atoms with van der Waals surface area (Å²) in [4.78, 5) is 10.3. The Bertz CT molecular complexity index is 362. The molecular formula is C13H20N2O2. The number of nitrogens with zero attached hydrogens (tertiary/aromatic N) is 1. The third-order valence-corrected chi connectivity index (χ3v) is 3.04. The molecule has 0 amide bonds. The summed E-state index contributed by atoms with van der Waals surface area (Å²) in [5, 5.41) is 14.0. The fourth-order valence-corrected chi connectivity index (χ4v) is 1.78. The number of hydrogen-bond donors (Lipinski definition) is 1. The van der Waals surface area contributed by atoms with Crippen LogP contribution in [0.15, 0.2) is 24.3 Å². The Morgan fingerprint density at radius 3 is 2.65 bits per heavy atom. The topological polar surface area (TPSA) is 55.2 Å². The van der Waals surface area contributed by atoms with Gasteiger partial charge in [0.05, 0.1) is 4.92 Å². The Morgan fingerprint density at radius 1 is 1.35 bits per heavy atom. The van der Waals surface area contributed by atoms with E-state index >= 15 is 0 Å². The second kappa shape index (κ2) is 7.01. The first kappa shape index (κ1) is 13.6. The van der Waals surface area contributed by atoms with Gasteiger partial charge >= 0.3 is 0 Å². The minimum absolute atomic E-state index is 0.159. The van der Waals surface area contributed by atoms with Crippen LogP contribution in [0.25, 0.3) is 0 Å². The maximum absolute atomic E-state index is 10.6. The minimum Gasteiger partial charge on any atom is -0.312 e. The van der Waals surface area contributed by atoms with Crippen molar-refractivity contribution in [1.82, 2.24) is 5.32 Å². The molecule has 0 bridgehead atoms. The molecule has 0 heterocycles. The molecule has 4 heteroatoms. The lowest BCUT2D eigenvalue weighted by Crippen LogP contribution is -2.21. The van der Waals surface area contributed by atoms with Gasteiger partial charge in [-0.1, -0.05) is 38.8 Å². The lowest BCUT2D eigenvalue weighted by Gasteiger charge is -2.13. The molecule has 1 N–H and O–H groups in total. The summed E-state index contributed by atoms with van der Waals surface area (Å²) in [5.41, 5.74) is 1.12. The molecule has 0 fully saturated rings. The molecule has 0 aliphatic carbocycles. The van der Waals surface area contributed by atoms with Gasteiger partial charge in [-0.25, -0.2) is 0 Å². The number of non-ortho nitro benzene ring substituents is 1. The van der Waals surface area contributed by atoms with Crippen LogP contribution >= 0.6 is 0 Å². The highest BCUT2D eigenvalue weighted by Crippen LogP contribution is 2.13. The van der Waals surface area contributed by atoms with E-state index < -0.39 is 0 Å². The van der Waals surface area contributed by atoms with Crippen LogP contribution < -0.4 is 5.32 Å². The Morgan fingerprint density at radius 2 is 2.06 bits per heavy atom. The lowest BCUT2D eigenvalue weighted by molar-refractivity contribution is -0.384. The summed E-state index contributed by atoms with van der Waals surface area (Å²) in [6.45, 7) is 6.03. The first-order chi connectivity index (χ1) is 8.17. The lowest BCUT2D eigenvalue weighted by atomic mass is 10.0. The van der Waals surface area contributed by atoms with Gasteiger partial charge in [-0.15, -0.1) is 0 Å². The van der Waals surface area contributed by atoms with Crippen molar-refractivity contribution in [2.75, 3.05) is 6.54 Å². The number of nitrogens with one attached hydrogen (secondary N) is 1.